The molecule has 2 aromatic carbocycles. The molecule has 9 nitrogen and oxygen atoms in total. The molecule has 1 aromatic heterocycles. The number of sulfonamides is 1. The molecule has 0 saturated carbocycles. The molecule has 3 aromatic rings. The molecule has 0 spiro atoms. The Labute approximate surface area is 222 Å². The Kier molecular flexibility index (Phi) is 8.36. The molecule has 2 N–H and O–H groups in total. The molecule has 0 amide bonds. The minimum atomic E-state index is -3.53. The number of rotatable bonds is 8. The summed E-state index contributed by atoms with van der Waals surface area (Å²) >= 11 is 0. The van der Waals surface area contributed by atoms with E-state index >= 15 is 0 Å². The van der Waals surface area contributed by atoms with E-state index in [2.05, 4.69) is 9.71 Å². The summed E-state index contributed by atoms with van der Waals surface area (Å²) in [5, 5.41) is 0. The van der Waals surface area contributed by atoms with Gasteiger partial charge in [0.15, 0.2) is 5.88 Å². The first-order chi connectivity index (χ1) is 17.8. The standard InChI is InChI=1S/C28H32N2O7S/c1-28(2,3)23-15-19(21-12-13-24(35-4)29-26(21)31)14-18(25(23)36-5)9-8-17-10-11-20(30-38(7,33)34)16-22(17)27(32)37-6/h8-16,30H,1-7H3,(H,29,31). The molecule has 0 aliphatic heterocycles. The van der Waals surface area contributed by atoms with Gasteiger partial charge in [0.1, 0.15) is 5.75 Å². The van der Waals surface area contributed by atoms with E-state index in [1.165, 1.54) is 20.3 Å². The van der Waals surface area contributed by atoms with Crippen molar-refractivity contribution in [1.29, 1.82) is 0 Å². The van der Waals surface area contributed by atoms with E-state index in [1.807, 2.05) is 32.9 Å². The van der Waals surface area contributed by atoms with Crippen molar-refractivity contribution in [2.24, 2.45) is 0 Å². The van der Waals surface area contributed by atoms with Crippen LogP contribution in [-0.2, 0) is 20.2 Å². The molecule has 0 atom stereocenters. The summed E-state index contributed by atoms with van der Waals surface area (Å²) in [6.07, 6.45) is 4.52. The molecule has 1 heterocycles. The van der Waals surface area contributed by atoms with Crippen LogP contribution in [0.5, 0.6) is 11.6 Å². The van der Waals surface area contributed by atoms with Gasteiger partial charge in [0.2, 0.25) is 10.0 Å². The maximum atomic E-state index is 12.8. The third-order valence-electron chi connectivity index (χ3n) is 5.75. The summed E-state index contributed by atoms with van der Waals surface area (Å²) in [4.78, 5) is 28.0. The first-order valence-corrected chi connectivity index (χ1v) is 13.5. The lowest BCUT2D eigenvalue weighted by Crippen LogP contribution is -2.15. The van der Waals surface area contributed by atoms with E-state index in [1.54, 1.807) is 43.5 Å². The van der Waals surface area contributed by atoms with Crippen LogP contribution >= 0.6 is 0 Å². The number of hydrogen-bond donors (Lipinski definition) is 2. The van der Waals surface area contributed by atoms with Crippen molar-refractivity contribution in [3.63, 3.8) is 0 Å². The minimum absolute atomic E-state index is 0.176. The molecular formula is C28H32N2O7S. The topological polar surface area (TPSA) is 124 Å². The third kappa shape index (κ3) is 6.63. The highest BCUT2D eigenvalue weighted by Crippen LogP contribution is 2.38. The van der Waals surface area contributed by atoms with Crippen LogP contribution in [0.1, 0.15) is 47.8 Å². The molecule has 38 heavy (non-hydrogen) atoms. The number of anilines is 1. The van der Waals surface area contributed by atoms with Crippen molar-refractivity contribution in [1.82, 2.24) is 4.98 Å². The number of ether oxygens (including phenoxy) is 3. The van der Waals surface area contributed by atoms with Crippen LogP contribution in [-0.4, -0.2) is 47.0 Å². The summed E-state index contributed by atoms with van der Waals surface area (Å²) < 4.78 is 41.5. The van der Waals surface area contributed by atoms with Gasteiger partial charge in [0.05, 0.1) is 33.1 Å². The lowest BCUT2D eigenvalue weighted by molar-refractivity contribution is 0.0600. The maximum Gasteiger partial charge on any atom is 0.338 e. The van der Waals surface area contributed by atoms with Crippen molar-refractivity contribution in [2.45, 2.75) is 26.2 Å². The minimum Gasteiger partial charge on any atom is -0.496 e. The number of H-pyrrole nitrogens is 1. The predicted molar refractivity (Wildman–Crippen MR) is 149 cm³/mol. The zero-order valence-corrected chi connectivity index (χ0v) is 23.3. The van der Waals surface area contributed by atoms with Crippen molar-refractivity contribution in [3.8, 4) is 22.8 Å². The van der Waals surface area contributed by atoms with Gasteiger partial charge in [-0.05, 0) is 52.9 Å². The van der Waals surface area contributed by atoms with Gasteiger partial charge in [0, 0.05) is 22.4 Å². The van der Waals surface area contributed by atoms with Crippen LogP contribution in [0.4, 0.5) is 5.69 Å². The van der Waals surface area contributed by atoms with Gasteiger partial charge in [-0.2, -0.15) is 0 Å². The van der Waals surface area contributed by atoms with E-state index in [9.17, 15) is 18.0 Å². The highest BCUT2D eigenvalue weighted by molar-refractivity contribution is 7.92. The second-order valence-electron chi connectivity index (χ2n) is 9.67. The SMILES string of the molecule is COC(=O)c1cc(NS(C)(=O)=O)ccc1C=Cc1cc(-c2ccc(OC)[nH]c2=O)cc(C(C)(C)C)c1OC. The summed E-state index contributed by atoms with van der Waals surface area (Å²) in [5.74, 6) is 0.354. The molecule has 0 saturated heterocycles. The van der Waals surface area contributed by atoms with E-state index in [0.29, 0.717) is 33.9 Å². The fraction of sp³-hybridized carbons (Fsp3) is 0.286. The van der Waals surface area contributed by atoms with Crippen LogP contribution < -0.4 is 19.8 Å². The van der Waals surface area contributed by atoms with Gasteiger partial charge in [-0.25, -0.2) is 13.2 Å². The van der Waals surface area contributed by atoms with Crippen molar-refractivity contribution < 1.29 is 27.4 Å². The molecular weight excluding hydrogens is 508 g/mol. The molecule has 0 unspecified atom stereocenters. The normalized spacial score (nSPS) is 11.9. The first-order valence-electron chi connectivity index (χ1n) is 11.7. The molecule has 202 valence electrons. The highest BCUT2D eigenvalue weighted by atomic mass is 32.2. The third-order valence-corrected chi connectivity index (χ3v) is 6.35. The van der Waals surface area contributed by atoms with E-state index in [4.69, 9.17) is 14.2 Å². The summed E-state index contributed by atoms with van der Waals surface area (Å²) in [5.41, 5.74) is 3.00. The van der Waals surface area contributed by atoms with E-state index < -0.39 is 16.0 Å². The number of carbonyl (C=O) groups excluding carboxylic acids is 1. The van der Waals surface area contributed by atoms with Gasteiger partial charge in [-0.1, -0.05) is 39.0 Å². The number of benzene rings is 2. The second kappa shape index (κ2) is 11.1. The Bertz CT molecular complexity index is 1550. The van der Waals surface area contributed by atoms with Crippen LogP contribution in [0.25, 0.3) is 23.3 Å². The molecule has 0 radical (unpaired) electrons. The Hall–Kier alpha value is -4.05. The number of pyridine rings is 1. The number of carbonyl (C=O) groups is 1. The number of nitrogens with one attached hydrogen (secondary N) is 2. The number of aromatic nitrogens is 1. The van der Waals surface area contributed by atoms with Gasteiger partial charge in [-0.15, -0.1) is 0 Å². The van der Waals surface area contributed by atoms with E-state index in [0.717, 1.165) is 11.8 Å². The fourth-order valence-electron chi connectivity index (χ4n) is 3.96. The zero-order chi connectivity index (χ0) is 28.3. The maximum absolute atomic E-state index is 12.8. The molecule has 0 aliphatic carbocycles. The van der Waals surface area contributed by atoms with Crippen molar-refractivity contribution in [3.05, 3.63) is 75.1 Å². The lowest BCUT2D eigenvalue weighted by atomic mass is 9.83. The van der Waals surface area contributed by atoms with Crippen molar-refractivity contribution in [2.75, 3.05) is 32.3 Å². The molecule has 0 fully saturated rings. The Morgan fingerprint density at radius 3 is 2.18 bits per heavy atom. The number of esters is 1. The Morgan fingerprint density at radius 2 is 1.63 bits per heavy atom. The number of methoxy groups -OCH3 is 3. The average Bonchev–Trinajstić information content (AvgIpc) is 2.85. The Morgan fingerprint density at radius 1 is 0.947 bits per heavy atom. The largest absolute Gasteiger partial charge is 0.496 e. The van der Waals surface area contributed by atoms with Gasteiger partial charge >= 0.3 is 5.97 Å². The molecule has 10 heteroatoms. The first kappa shape index (κ1) is 28.5. The van der Waals surface area contributed by atoms with Crippen LogP contribution in [0.3, 0.4) is 0 Å². The van der Waals surface area contributed by atoms with Crippen LogP contribution in [0, 0.1) is 0 Å². The van der Waals surface area contributed by atoms with Crippen LogP contribution in [0.15, 0.2) is 47.3 Å². The highest BCUT2D eigenvalue weighted by Gasteiger charge is 2.23. The summed E-state index contributed by atoms with van der Waals surface area (Å²) in [6.45, 7) is 6.13. The van der Waals surface area contributed by atoms with Gasteiger partial charge in [-0.3, -0.25) is 14.5 Å². The predicted octanol–water partition coefficient (Wildman–Crippen LogP) is 4.69. The molecule has 3 rings (SSSR count). The van der Waals surface area contributed by atoms with Crippen molar-refractivity contribution >= 4 is 33.8 Å². The smallest absolute Gasteiger partial charge is 0.338 e. The fourth-order valence-corrected chi connectivity index (χ4v) is 4.52. The number of hydrogen-bond acceptors (Lipinski definition) is 7. The van der Waals surface area contributed by atoms with E-state index in [-0.39, 0.29) is 22.2 Å². The van der Waals surface area contributed by atoms with Crippen LogP contribution in [0.2, 0.25) is 0 Å². The second-order valence-corrected chi connectivity index (χ2v) is 11.4. The molecule has 0 aliphatic rings. The summed E-state index contributed by atoms with van der Waals surface area (Å²) in [6, 6.07) is 11.7. The van der Waals surface area contributed by atoms with Gasteiger partial charge in [0.25, 0.3) is 5.56 Å². The zero-order valence-electron chi connectivity index (χ0n) is 22.5. The Balaban J connectivity index is 2.20. The lowest BCUT2D eigenvalue weighted by Gasteiger charge is -2.24. The average molecular weight is 541 g/mol. The monoisotopic (exact) mass is 540 g/mol. The van der Waals surface area contributed by atoms with Gasteiger partial charge < -0.3 is 14.2 Å². The summed E-state index contributed by atoms with van der Waals surface area (Å²) in [7, 11) is 0.771. The number of aromatic amines is 1. The quantitative estimate of drug-likeness (QED) is 0.314. The molecule has 0 bridgehead atoms.